The third kappa shape index (κ3) is 13.0. The van der Waals surface area contributed by atoms with Crippen molar-refractivity contribution < 1.29 is 0 Å². The minimum Gasteiger partial charge on any atom is -0.280 e. The van der Waals surface area contributed by atoms with E-state index < -0.39 is 0 Å². The van der Waals surface area contributed by atoms with E-state index in [2.05, 4.69) is 145 Å². The van der Waals surface area contributed by atoms with Crippen LogP contribution in [0.2, 0.25) is 0 Å². The molecule has 0 saturated carbocycles. The minimum absolute atomic E-state index is 0.498. The molecule has 5 aromatic rings. The molecule has 0 unspecified atom stereocenters. The van der Waals surface area contributed by atoms with Crippen molar-refractivity contribution in [3.8, 4) is 22.3 Å². The summed E-state index contributed by atoms with van der Waals surface area (Å²) in [6, 6.07) is 38.0. The molecule has 1 aromatic heterocycles. The first-order valence-corrected chi connectivity index (χ1v) is 20.6. The standard InChI is InChI=1S/C55H48N4.C2H6/c1-6-9-19-44(8-3)45-27-29-48(30-28-45)54(56-5)38-55(59-39-43-16-11-10-12-17-43)52-36-50(41(4)21-31-53-32-22-42(15-7-2)18-13-34-58-53)35-51(37-52)47-25-23-46(24-26-47)49-20-14-33-57-40-49;1-2/h6-38,40H,1-2,5,39H2,3-4H3;1-2H3/b18-13-,19-9-,32-22-,41-21+,42-15-,44-8+,53-31-,54-38-,58-34+,59-55?;. The Bertz CT molecular complexity index is 2590. The van der Waals surface area contributed by atoms with Crippen LogP contribution >= 0.6 is 0 Å². The number of allylic oxidation sites excluding steroid dienone is 16. The van der Waals surface area contributed by atoms with Gasteiger partial charge in [-0.25, -0.2) is 0 Å². The molecular weight excluding hydrogens is 741 g/mol. The molecule has 4 aromatic carbocycles. The van der Waals surface area contributed by atoms with Gasteiger partial charge in [0.05, 0.1) is 23.7 Å². The molecule has 4 heteroatoms. The maximum Gasteiger partial charge on any atom is 0.0716 e. The van der Waals surface area contributed by atoms with Crippen molar-refractivity contribution in [1.82, 2.24) is 4.98 Å². The van der Waals surface area contributed by atoms with Crippen molar-refractivity contribution >= 4 is 35.5 Å². The van der Waals surface area contributed by atoms with E-state index >= 15 is 0 Å². The predicted molar refractivity (Wildman–Crippen MR) is 267 cm³/mol. The fourth-order valence-corrected chi connectivity index (χ4v) is 6.47. The maximum atomic E-state index is 5.26. The molecule has 0 N–H and O–H groups in total. The Kier molecular flexibility index (Phi) is 17.3. The second kappa shape index (κ2) is 23.7. The summed E-state index contributed by atoms with van der Waals surface area (Å²) in [5.41, 5.74) is 15.1. The van der Waals surface area contributed by atoms with Gasteiger partial charge in [-0.3, -0.25) is 20.0 Å². The first kappa shape index (κ1) is 44.5. The van der Waals surface area contributed by atoms with Gasteiger partial charge in [-0.1, -0.05) is 167 Å². The normalized spacial score (nSPS) is 16.3. The molecule has 6 rings (SSSR count). The topological polar surface area (TPSA) is 50.0 Å². The second-order valence-electron chi connectivity index (χ2n) is 13.7. The van der Waals surface area contributed by atoms with Crippen LogP contribution in [0.1, 0.15) is 55.5 Å². The molecule has 4 nitrogen and oxygen atoms in total. The number of hydrogen-bond acceptors (Lipinski definition) is 4. The van der Waals surface area contributed by atoms with Crippen molar-refractivity contribution in [1.29, 1.82) is 0 Å². The molecule has 0 aliphatic carbocycles. The van der Waals surface area contributed by atoms with Crippen LogP contribution in [0, 0.1) is 0 Å². The minimum atomic E-state index is 0.498. The molecule has 0 bridgehead atoms. The zero-order valence-corrected chi connectivity index (χ0v) is 35.7. The molecule has 61 heavy (non-hydrogen) atoms. The number of rotatable bonds is 14. The summed E-state index contributed by atoms with van der Waals surface area (Å²) in [4.78, 5) is 18.8. The Morgan fingerprint density at radius 2 is 1.43 bits per heavy atom. The van der Waals surface area contributed by atoms with Gasteiger partial charge in [-0.15, -0.1) is 0 Å². The van der Waals surface area contributed by atoms with Crippen LogP contribution in [-0.2, 0) is 6.54 Å². The van der Waals surface area contributed by atoms with Gasteiger partial charge in [0.2, 0.25) is 0 Å². The van der Waals surface area contributed by atoms with Crippen molar-refractivity contribution in [3.63, 3.8) is 0 Å². The summed E-state index contributed by atoms with van der Waals surface area (Å²) in [6.45, 7) is 20.3. The highest BCUT2D eigenvalue weighted by molar-refractivity contribution is 6.13. The molecule has 0 atom stereocenters. The van der Waals surface area contributed by atoms with E-state index in [9.17, 15) is 0 Å². The molecular formula is C57H54N4. The van der Waals surface area contributed by atoms with Gasteiger partial charge < -0.3 is 0 Å². The van der Waals surface area contributed by atoms with Gasteiger partial charge in [0, 0.05) is 29.7 Å². The van der Waals surface area contributed by atoms with Crippen LogP contribution < -0.4 is 0 Å². The van der Waals surface area contributed by atoms with Crippen LogP contribution in [0.3, 0.4) is 0 Å². The fraction of sp³-hybridized carbons (Fsp3) is 0.0877. The number of benzene rings is 4. The van der Waals surface area contributed by atoms with Gasteiger partial charge in [0.25, 0.3) is 0 Å². The molecule has 0 amide bonds. The summed E-state index contributed by atoms with van der Waals surface area (Å²) in [7, 11) is 0. The van der Waals surface area contributed by atoms with E-state index in [1.165, 1.54) is 0 Å². The summed E-state index contributed by atoms with van der Waals surface area (Å²) in [5.74, 6) is 0. The number of nitrogens with zero attached hydrogens (tertiary/aromatic N) is 4. The van der Waals surface area contributed by atoms with Gasteiger partial charge in [0.1, 0.15) is 0 Å². The SMILES string of the molecule is C=C/C=C\C(=C/C)c1ccc(/C(=C/C(=NCc2ccccc2)c2cc(/C(C)=C/C=C3/C=C\C(=C/C=C)\C=C/C=N/3)cc(-c3ccc(-c4cccnc4)cc3)c2)N=C)cc1.CC. The van der Waals surface area contributed by atoms with E-state index in [4.69, 9.17) is 4.99 Å². The average Bonchev–Trinajstić information content (AvgIpc) is 3.31. The fourth-order valence-electron chi connectivity index (χ4n) is 6.47. The molecule has 1 aliphatic heterocycles. The van der Waals surface area contributed by atoms with Gasteiger partial charge in [-0.2, -0.15) is 0 Å². The van der Waals surface area contributed by atoms with Crippen molar-refractivity contribution in [2.24, 2.45) is 15.0 Å². The highest BCUT2D eigenvalue weighted by Gasteiger charge is 2.12. The molecule has 2 heterocycles. The monoisotopic (exact) mass is 794 g/mol. The quantitative estimate of drug-likeness (QED) is 0.0816. The lowest BCUT2D eigenvalue weighted by Gasteiger charge is -2.13. The highest BCUT2D eigenvalue weighted by Crippen LogP contribution is 2.30. The van der Waals surface area contributed by atoms with Crippen molar-refractivity contribution in [3.05, 3.63) is 253 Å². The second-order valence-corrected chi connectivity index (χ2v) is 13.7. The zero-order chi connectivity index (χ0) is 43.2. The molecule has 0 fully saturated rings. The molecule has 0 spiro atoms. The third-order valence-corrected chi connectivity index (χ3v) is 9.71. The Balaban J connectivity index is 0.00000347. The Morgan fingerprint density at radius 3 is 2.10 bits per heavy atom. The lowest BCUT2D eigenvalue weighted by atomic mass is 9.93. The van der Waals surface area contributed by atoms with E-state index in [-0.39, 0.29) is 0 Å². The highest BCUT2D eigenvalue weighted by atomic mass is 14.8. The van der Waals surface area contributed by atoms with Crippen LogP contribution in [0.25, 0.3) is 39.1 Å². The smallest absolute Gasteiger partial charge is 0.0716 e. The van der Waals surface area contributed by atoms with Crippen LogP contribution in [0.5, 0.6) is 0 Å². The lowest BCUT2D eigenvalue weighted by molar-refractivity contribution is 1.07. The Morgan fingerprint density at radius 1 is 0.705 bits per heavy atom. The van der Waals surface area contributed by atoms with Crippen LogP contribution in [0.15, 0.2) is 240 Å². The zero-order valence-electron chi connectivity index (χ0n) is 35.7. The third-order valence-electron chi connectivity index (χ3n) is 9.71. The van der Waals surface area contributed by atoms with E-state index in [1.54, 1.807) is 18.3 Å². The van der Waals surface area contributed by atoms with Gasteiger partial charge >= 0.3 is 0 Å². The van der Waals surface area contributed by atoms with Crippen molar-refractivity contribution in [2.75, 3.05) is 0 Å². The van der Waals surface area contributed by atoms with E-state index in [1.807, 2.05) is 106 Å². The molecule has 302 valence electrons. The first-order valence-electron chi connectivity index (χ1n) is 20.6. The summed E-state index contributed by atoms with van der Waals surface area (Å²) >= 11 is 0. The molecule has 1 aliphatic rings. The number of aliphatic imine (C=N–C) groups is 3. The largest absolute Gasteiger partial charge is 0.280 e. The first-order chi connectivity index (χ1) is 30.0. The van der Waals surface area contributed by atoms with E-state index in [0.29, 0.717) is 6.54 Å². The molecule has 0 radical (unpaired) electrons. The van der Waals surface area contributed by atoms with Crippen LogP contribution in [0.4, 0.5) is 0 Å². The van der Waals surface area contributed by atoms with Gasteiger partial charge in [-0.05, 0) is 125 Å². The van der Waals surface area contributed by atoms with E-state index in [0.717, 1.165) is 83.9 Å². The predicted octanol–water partition coefficient (Wildman–Crippen LogP) is 14.9. The van der Waals surface area contributed by atoms with Crippen molar-refractivity contribution in [2.45, 2.75) is 34.2 Å². The lowest BCUT2D eigenvalue weighted by Crippen LogP contribution is -2.02. The number of hydrogen-bond donors (Lipinski definition) is 0. The summed E-state index contributed by atoms with van der Waals surface area (Å²) < 4.78 is 0. The Hall–Kier alpha value is -7.56. The molecule has 0 saturated heterocycles. The average molecular weight is 795 g/mol. The maximum absolute atomic E-state index is 5.26. The number of aromatic nitrogens is 1. The summed E-state index contributed by atoms with van der Waals surface area (Å²) in [6.07, 6.45) is 31.3. The van der Waals surface area contributed by atoms with Gasteiger partial charge in [0.15, 0.2) is 0 Å². The Labute approximate surface area is 363 Å². The van der Waals surface area contributed by atoms with Crippen LogP contribution in [-0.4, -0.2) is 23.6 Å². The number of pyridine rings is 1. The summed E-state index contributed by atoms with van der Waals surface area (Å²) in [5, 5.41) is 0.